The SMILES string of the molecule is CCC(=O)C1=CC(=O)OC1. The summed E-state index contributed by atoms with van der Waals surface area (Å²) in [5.41, 5.74) is 0.493. The Hall–Kier alpha value is -1.12. The van der Waals surface area contributed by atoms with E-state index in [0.29, 0.717) is 12.0 Å². The topological polar surface area (TPSA) is 43.4 Å². The van der Waals surface area contributed by atoms with Gasteiger partial charge in [0.05, 0.1) is 0 Å². The highest BCUT2D eigenvalue weighted by Crippen LogP contribution is 2.07. The van der Waals surface area contributed by atoms with Crippen LogP contribution in [0.2, 0.25) is 0 Å². The Bertz CT molecular complexity index is 203. The Labute approximate surface area is 58.7 Å². The van der Waals surface area contributed by atoms with Crippen LogP contribution in [0, 0.1) is 0 Å². The summed E-state index contributed by atoms with van der Waals surface area (Å²) in [7, 11) is 0. The molecule has 3 heteroatoms. The minimum Gasteiger partial charge on any atom is -0.458 e. The van der Waals surface area contributed by atoms with Gasteiger partial charge in [-0.15, -0.1) is 0 Å². The van der Waals surface area contributed by atoms with E-state index in [1.807, 2.05) is 0 Å². The number of cyclic esters (lactones) is 1. The van der Waals surface area contributed by atoms with Crippen molar-refractivity contribution in [2.24, 2.45) is 0 Å². The predicted octanol–water partition coefficient (Wildman–Crippen LogP) is 0.449. The van der Waals surface area contributed by atoms with Crippen molar-refractivity contribution in [3.63, 3.8) is 0 Å². The van der Waals surface area contributed by atoms with Gasteiger partial charge in [-0.25, -0.2) is 4.79 Å². The Morgan fingerprint density at radius 3 is 2.90 bits per heavy atom. The molecule has 0 saturated heterocycles. The van der Waals surface area contributed by atoms with Gasteiger partial charge in [0, 0.05) is 18.1 Å². The van der Waals surface area contributed by atoms with E-state index < -0.39 is 5.97 Å². The predicted molar refractivity (Wildman–Crippen MR) is 34.3 cm³/mol. The molecule has 1 heterocycles. The van der Waals surface area contributed by atoms with Gasteiger partial charge in [-0.3, -0.25) is 4.79 Å². The van der Waals surface area contributed by atoms with Crippen LogP contribution in [0.15, 0.2) is 11.6 Å². The second-order valence-corrected chi connectivity index (χ2v) is 2.05. The summed E-state index contributed by atoms with van der Waals surface area (Å²) in [6.45, 7) is 1.91. The standard InChI is InChI=1S/C7H8O3/c1-2-6(8)5-3-7(9)10-4-5/h3H,2,4H2,1H3. The van der Waals surface area contributed by atoms with Crippen LogP contribution < -0.4 is 0 Å². The zero-order valence-electron chi connectivity index (χ0n) is 5.72. The van der Waals surface area contributed by atoms with Gasteiger partial charge in [0.2, 0.25) is 0 Å². The number of ether oxygens (including phenoxy) is 1. The summed E-state index contributed by atoms with van der Waals surface area (Å²) < 4.78 is 4.54. The average Bonchev–Trinajstić information content (AvgIpc) is 2.34. The minimum atomic E-state index is -0.406. The van der Waals surface area contributed by atoms with Crippen molar-refractivity contribution < 1.29 is 14.3 Å². The number of carbonyl (C=O) groups excluding carboxylic acids is 2. The number of hydrogen-bond donors (Lipinski definition) is 0. The molecule has 1 rings (SSSR count). The van der Waals surface area contributed by atoms with Crippen LogP contribution >= 0.6 is 0 Å². The van der Waals surface area contributed by atoms with Gasteiger partial charge >= 0.3 is 5.97 Å². The molecule has 0 unspecified atom stereocenters. The van der Waals surface area contributed by atoms with E-state index in [0.717, 1.165) is 0 Å². The summed E-state index contributed by atoms with van der Waals surface area (Å²) >= 11 is 0. The van der Waals surface area contributed by atoms with Crippen molar-refractivity contribution in [3.8, 4) is 0 Å². The molecule has 0 atom stereocenters. The van der Waals surface area contributed by atoms with Gasteiger partial charge in [-0.2, -0.15) is 0 Å². The Balaban J connectivity index is 2.66. The molecule has 10 heavy (non-hydrogen) atoms. The number of rotatable bonds is 2. The molecule has 0 radical (unpaired) electrons. The van der Waals surface area contributed by atoms with Gasteiger partial charge in [-0.05, 0) is 0 Å². The lowest BCUT2D eigenvalue weighted by molar-refractivity contribution is -0.134. The van der Waals surface area contributed by atoms with Crippen LogP contribution in [0.5, 0.6) is 0 Å². The van der Waals surface area contributed by atoms with E-state index in [-0.39, 0.29) is 12.4 Å². The van der Waals surface area contributed by atoms with Crippen LogP contribution in [0.3, 0.4) is 0 Å². The second-order valence-electron chi connectivity index (χ2n) is 2.05. The normalized spacial score (nSPS) is 16.5. The summed E-state index contributed by atoms with van der Waals surface area (Å²) in [6.07, 6.45) is 1.69. The van der Waals surface area contributed by atoms with Crippen molar-refractivity contribution in [3.05, 3.63) is 11.6 Å². The first kappa shape index (κ1) is 6.99. The van der Waals surface area contributed by atoms with Crippen LogP contribution in [0.1, 0.15) is 13.3 Å². The summed E-state index contributed by atoms with van der Waals surface area (Å²) in [6, 6.07) is 0. The molecule has 0 spiro atoms. The Morgan fingerprint density at radius 2 is 2.50 bits per heavy atom. The molecule has 54 valence electrons. The fourth-order valence-electron chi connectivity index (χ4n) is 0.763. The lowest BCUT2D eigenvalue weighted by Crippen LogP contribution is -2.01. The van der Waals surface area contributed by atoms with Crippen LogP contribution in [0.4, 0.5) is 0 Å². The first-order chi connectivity index (χ1) is 4.74. The molecule has 0 fully saturated rings. The zero-order valence-corrected chi connectivity index (χ0v) is 5.72. The van der Waals surface area contributed by atoms with E-state index in [2.05, 4.69) is 4.74 Å². The number of carbonyl (C=O) groups is 2. The molecule has 1 aliphatic rings. The highest BCUT2D eigenvalue weighted by Gasteiger charge is 2.17. The Kier molecular flexibility index (Phi) is 1.85. The molecular weight excluding hydrogens is 132 g/mol. The molecule has 0 amide bonds. The maximum Gasteiger partial charge on any atom is 0.331 e. The van der Waals surface area contributed by atoms with E-state index >= 15 is 0 Å². The van der Waals surface area contributed by atoms with E-state index in [4.69, 9.17) is 0 Å². The first-order valence-corrected chi connectivity index (χ1v) is 3.14. The molecular formula is C7H8O3. The van der Waals surface area contributed by atoms with Crippen molar-refractivity contribution in [2.45, 2.75) is 13.3 Å². The molecule has 0 aliphatic carbocycles. The van der Waals surface area contributed by atoms with Crippen molar-refractivity contribution in [1.29, 1.82) is 0 Å². The summed E-state index contributed by atoms with van der Waals surface area (Å²) in [5, 5.41) is 0. The van der Waals surface area contributed by atoms with E-state index in [1.165, 1.54) is 6.08 Å². The minimum absolute atomic E-state index is 0.00847. The highest BCUT2D eigenvalue weighted by molar-refractivity contribution is 6.03. The van der Waals surface area contributed by atoms with E-state index in [9.17, 15) is 9.59 Å². The van der Waals surface area contributed by atoms with Crippen molar-refractivity contribution in [1.82, 2.24) is 0 Å². The third-order valence-electron chi connectivity index (χ3n) is 1.34. The summed E-state index contributed by atoms with van der Waals surface area (Å²) in [4.78, 5) is 21.3. The van der Waals surface area contributed by atoms with Gasteiger partial charge in [0.25, 0.3) is 0 Å². The smallest absolute Gasteiger partial charge is 0.331 e. The maximum atomic E-state index is 10.9. The maximum absolute atomic E-state index is 10.9. The molecule has 0 bridgehead atoms. The van der Waals surface area contributed by atoms with Gasteiger partial charge in [-0.1, -0.05) is 6.92 Å². The molecule has 0 aromatic carbocycles. The molecule has 1 aliphatic heterocycles. The van der Waals surface area contributed by atoms with Gasteiger partial charge in [0.15, 0.2) is 5.78 Å². The van der Waals surface area contributed by atoms with Gasteiger partial charge in [0.1, 0.15) is 6.61 Å². The molecule has 0 N–H and O–H groups in total. The number of hydrogen-bond acceptors (Lipinski definition) is 3. The third kappa shape index (κ3) is 1.23. The monoisotopic (exact) mass is 140 g/mol. The lowest BCUT2D eigenvalue weighted by Gasteiger charge is -1.93. The number of Topliss-reactive ketones (excluding diaryl/α,β-unsaturated/α-hetero) is 1. The Morgan fingerprint density at radius 1 is 1.80 bits per heavy atom. The highest BCUT2D eigenvalue weighted by atomic mass is 16.5. The van der Waals surface area contributed by atoms with Crippen LogP contribution in [0.25, 0.3) is 0 Å². The van der Waals surface area contributed by atoms with Crippen molar-refractivity contribution >= 4 is 11.8 Å². The first-order valence-electron chi connectivity index (χ1n) is 3.14. The fourth-order valence-corrected chi connectivity index (χ4v) is 0.763. The quantitative estimate of drug-likeness (QED) is 0.523. The largest absolute Gasteiger partial charge is 0.458 e. The molecule has 3 nitrogen and oxygen atoms in total. The molecule has 0 aromatic heterocycles. The summed E-state index contributed by atoms with van der Waals surface area (Å²) in [5.74, 6) is -0.414. The fraction of sp³-hybridized carbons (Fsp3) is 0.429. The number of ketones is 1. The molecule has 0 saturated carbocycles. The molecule has 0 aromatic rings. The third-order valence-corrected chi connectivity index (χ3v) is 1.34. The number of esters is 1. The van der Waals surface area contributed by atoms with Crippen LogP contribution in [-0.4, -0.2) is 18.4 Å². The lowest BCUT2D eigenvalue weighted by atomic mass is 10.1. The van der Waals surface area contributed by atoms with Crippen LogP contribution in [-0.2, 0) is 14.3 Å². The van der Waals surface area contributed by atoms with Gasteiger partial charge < -0.3 is 4.74 Å². The second kappa shape index (κ2) is 2.64. The average molecular weight is 140 g/mol. The van der Waals surface area contributed by atoms with E-state index in [1.54, 1.807) is 6.92 Å². The zero-order chi connectivity index (χ0) is 7.56. The van der Waals surface area contributed by atoms with Crippen molar-refractivity contribution in [2.75, 3.05) is 6.61 Å².